The second kappa shape index (κ2) is 8.46. The molecule has 3 fully saturated rings. The molecule has 4 aromatic rings. The Morgan fingerprint density at radius 2 is 1.73 bits per heavy atom. The van der Waals surface area contributed by atoms with Gasteiger partial charge in [-0.2, -0.15) is 0 Å². The molecule has 210 valence electrons. The summed E-state index contributed by atoms with van der Waals surface area (Å²) in [5, 5.41) is 70.4. The zero-order valence-corrected chi connectivity index (χ0v) is 21.6. The van der Waals surface area contributed by atoms with E-state index in [-0.39, 0.29) is 30.7 Å². The molecule has 0 amide bonds. The van der Waals surface area contributed by atoms with Gasteiger partial charge >= 0.3 is 5.97 Å². The molecule has 7 N–H and O–H groups in total. The lowest BCUT2D eigenvalue weighted by Crippen LogP contribution is -2.76. The molecule has 2 saturated carbocycles. The molecule has 10 nitrogen and oxygen atoms in total. The first-order valence-electron chi connectivity index (χ1n) is 13.5. The molecule has 0 bridgehead atoms. The fourth-order valence-electron chi connectivity index (χ4n) is 7.60. The predicted octanol–water partition coefficient (Wildman–Crippen LogP) is 1.74. The molecule has 0 spiro atoms. The molecular weight excluding hydrogens is 518 g/mol. The Kier molecular flexibility index (Phi) is 5.47. The highest BCUT2D eigenvalue weighted by Gasteiger charge is 2.81. The number of fused-ring (bicyclic) bond motifs is 7. The first-order valence-corrected chi connectivity index (χ1v) is 13.5. The summed E-state index contributed by atoms with van der Waals surface area (Å²) in [6.07, 6.45) is -2.98. The number of esters is 1. The van der Waals surface area contributed by atoms with E-state index in [2.05, 4.69) is 4.98 Å². The van der Waals surface area contributed by atoms with Gasteiger partial charge in [0.2, 0.25) is 5.79 Å². The van der Waals surface area contributed by atoms with Crippen molar-refractivity contribution in [3.05, 3.63) is 54.2 Å². The largest absolute Gasteiger partial charge is 0.422 e. The molecule has 0 unspecified atom stereocenters. The van der Waals surface area contributed by atoms with Gasteiger partial charge in [0.15, 0.2) is 17.5 Å². The van der Waals surface area contributed by atoms with Crippen molar-refractivity contribution in [2.75, 3.05) is 6.61 Å². The van der Waals surface area contributed by atoms with Crippen LogP contribution in [0.3, 0.4) is 0 Å². The number of carbonyl (C=O) groups excluding carboxylic acids is 1. The Morgan fingerprint density at radius 3 is 2.45 bits per heavy atom. The van der Waals surface area contributed by atoms with Gasteiger partial charge in [-0.1, -0.05) is 30.3 Å². The van der Waals surface area contributed by atoms with Gasteiger partial charge in [0.25, 0.3) is 0 Å². The minimum Gasteiger partial charge on any atom is -0.422 e. The maximum Gasteiger partial charge on any atom is 0.343 e. The summed E-state index contributed by atoms with van der Waals surface area (Å²) in [4.78, 5) is 16.7. The summed E-state index contributed by atoms with van der Waals surface area (Å²) < 4.78 is 11.5. The number of hydrogen-bond donors (Lipinski definition) is 7. The van der Waals surface area contributed by atoms with Crippen LogP contribution in [0.25, 0.3) is 32.4 Å². The molecule has 1 aliphatic heterocycles. The van der Waals surface area contributed by atoms with E-state index in [0.717, 1.165) is 21.5 Å². The number of aliphatic hydroxyl groups is 6. The Morgan fingerprint density at radius 1 is 0.975 bits per heavy atom. The van der Waals surface area contributed by atoms with Crippen molar-refractivity contribution >= 4 is 38.4 Å². The summed E-state index contributed by atoms with van der Waals surface area (Å²) in [6.45, 7) is -0.930. The normalized spacial score (nSPS) is 35.4. The van der Waals surface area contributed by atoms with E-state index >= 15 is 0 Å². The van der Waals surface area contributed by atoms with Crippen molar-refractivity contribution in [1.82, 2.24) is 4.98 Å². The Labute approximate surface area is 228 Å². The van der Waals surface area contributed by atoms with Crippen LogP contribution in [0.2, 0.25) is 0 Å². The van der Waals surface area contributed by atoms with Gasteiger partial charge in [0, 0.05) is 5.41 Å². The van der Waals surface area contributed by atoms with Crippen LogP contribution in [-0.4, -0.2) is 77.4 Å². The van der Waals surface area contributed by atoms with Crippen molar-refractivity contribution in [3.63, 3.8) is 0 Å². The molecule has 0 radical (unpaired) electrons. The quantitative estimate of drug-likeness (QED) is 0.148. The van der Waals surface area contributed by atoms with Crippen LogP contribution in [-0.2, 0) is 16.1 Å². The molecular formula is C30H31NO9. The van der Waals surface area contributed by atoms with Crippen LogP contribution >= 0.6 is 0 Å². The molecule has 2 heterocycles. The molecule has 7 rings (SSSR count). The highest BCUT2D eigenvalue weighted by Crippen LogP contribution is 2.65. The number of aromatic nitrogens is 1. The maximum absolute atomic E-state index is 13.6. The van der Waals surface area contributed by atoms with Gasteiger partial charge in [-0.05, 0) is 71.8 Å². The topological polar surface area (TPSA) is 173 Å². The smallest absolute Gasteiger partial charge is 0.343 e. The van der Waals surface area contributed by atoms with E-state index in [9.17, 15) is 35.4 Å². The monoisotopic (exact) mass is 549 g/mol. The van der Waals surface area contributed by atoms with Crippen molar-refractivity contribution in [1.29, 1.82) is 0 Å². The fourth-order valence-corrected chi connectivity index (χ4v) is 7.60. The van der Waals surface area contributed by atoms with Crippen molar-refractivity contribution in [3.8, 4) is 5.75 Å². The second-order valence-corrected chi connectivity index (χ2v) is 11.6. The van der Waals surface area contributed by atoms with E-state index in [4.69, 9.17) is 9.47 Å². The average molecular weight is 550 g/mol. The third-order valence-electron chi connectivity index (χ3n) is 9.85. The summed E-state index contributed by atoms with van der Waals surface area (Å²) >= 11 is 0. The van der Waals surface area contributed by atoms with Crippen LogP contribution < -0.4 is 4.74 Å². The number of benzene rings is 3. The Balaban J connectivity index is 1.30. The molecule has 1 aromatic heterocycles. The zero-order valence-electron chi connectivity index (χ0n) is 21.6. The van der Waals surface area contributed by atoms with E-state index in [0.29, 0.717) is 23.7 Å². The van der Waals surface area contributed by atoms with Crippen LogP contribution in [0.4, 0.5) is 0 Å². The van der Waals surface area contributed by atoms with Gasteiger partial charge in [-0.25, -0.2) is 4.79 Å². The lowest BCUT2D eigenvalue weighted by atomic mass is 9.56. The van der Waals surface area contributed by atoms with Crippen molar-refractivity contribution in [2.45, 2.75) is 67.9 Å². The van der Waals surface area contributed by atoms with Crippen LogP contribution in [0, 0.1) is 5.41 Å². The third-order valence-corrected chi connectivity index (χ3v) is 9.85. The molecule has 40 heavy (non-hydrogen) atoms. The SMILES string of the molecule is O=C(Oc1c(CO)[nH]c2ccc3cc4ccccc4cc3c12)[C@@H]1O[C@@]2(O)[C@]3(O)CCC[C@]3(CO)CC[C@@]2(O)[C@H]1O. The van der Waals surface area contributed by atoms with E-state index in [1.54, 1.807) is 0 Å². The lowest BCUT2D eigenvalue weighted by molar-refractivity contribution is -0.385. The Hall–Kier alpha value is -3.09. The average Bonchev–Trinajstić information content (AvgIpc) is 3.57. The zero-order chi connectivity index (χ0) is 28.1. The van der Waals surface area contributed by atoms with Crippen LogP contribution in [0.5, 0.6) is 5.75 Å². The molecule has 10 heteroatoms. The number of ether oxygens (including phenoxy) is 2. The van der Waals surface area contributed by atoms with Gasteiger partial charge in [-0.3, -0.25) is 0 Å². The molecule has 6 atom stereocenters. The summed E-state index contributed by atoms with van der Waals surface area (Å²) in [5.74, 6) is -3.78. The Bertz CT molecular complexity index is 1680. The minimum atomic E-state index is -2.72. The van der Waals surface area contributed by atoms with Gasteiger partial charge in [0.1, 0.15) is 11.7 Å². The highest BCUT2D eigenvalue weighted by atomic mass is 16.7. The van der Waals surface area contributed by atoms with Crippen LogP contribution in [0.15, 0.2) is 48.5 Å². The molecule has 2 aliphatic carbocycles. The first kappa shape index (κ1) is 25.8. The predicted molar refractivity (Wildman–Crippen MR) is 143 cm³/mol. The number of aromatic amines is 1. The number of aliphatic hydroxyl groups excluding tert-OH is 3. The van der Waals surface area contributed by atoms with Gasteiger partial charge in [0.05, 0.1) is 29.8 Å². The summed E-state index contributed by atoms with van der Waals surface area (Å²) in [7, 11) is 0. The number of rotatable bonds is 4. The van der Waals surface area contributed by atoms with E-state index in [1.165, 1.54) is 0 Å². The van der Waals surface area contributed by atoms with E-state index < -0.39 is 53.8 Å². The number of H-pyrrole nitrogens is 1. The van der Waals surface area contributed by atoms with Gasteiger partial charge in [-0.15, -0.1) is 0 Å². The lowest BCUT2D eigenvalue weighted by Gasteiger charge is -2.57. The number of carbonyl (C=O) groups is 1. The summed E-state index contributed by atoms with van der Waals surface area (Å²) in [6, 6.07) is 15.5. The number of nitrogens with one attached hydrogen (secondary N) is 1. The minimum absolute atomic E-state index is 0.0118. The maximum atomic E-state index is 13.6. The molecule has 3 aromatic carbocycles. The van der Waals surface area contributed by atoms with E-state index in [1.807, 2.05) is 48.5 Å². The standard InChI is InChI=1S/C30H31NO9/c32-14-21-23(22-19-13-17-5-2-1-4-16(17)12-18(19)6-7-20(22)31-21)39-26(35)24-25(34)28(36)11-10-27(15-33)8-3-9-29(27,37)30(28,38)40-24/h1-2,4-7,12-13,24-25,31-34,36-38H,3,8-11,14-15H2/t24-,25+,27-,28-,29+,30-/m1/s1. The third kappa shape index (κ3) is 3.04. The van der Waals surface area contributed by atoms with Crippen molar-refractivity contribution < 1.29 is 44.9 Å². The molecule has 3 aliphatic rings. The van der Waals surface area contributed by atoms with Crippen LogP contribution in [0.1, 0.15) is 37.8 Å². The fraction of sp³-hybridized carbons (Fsp3) is 0.433. The molecule has 1 saturated heterocycles. The van der Waals surface area contributed by atoms with Crippen molar-refractivity contribution in [2.24, 2.45) is 5.41 Å². The van der Waals surface area contributed by atoms with Gasteiger partial charge < -0.3 is 45.1 Å². The highest BCUT2D eigenvalue weighted by molar-refractivity contribution is 6.14. The summed E-state index contributed by atoms with van der Waals surface area (Å²) in [5.41, 5.74) is -4.78. The first-order chi connectivity index (χ1) is 19.1. The number of hydrogen-bond acceptors (Lipinski definition) is 9. The second-order valence-electron chi connectivity index (χ2n) is 11.6.